The second-order valence-electron chi connectivity index (χ2n) is 8.62. The molecule has 0 saturated heterocycles. The molecule has 3 aromatic heterocycles. The second-order valence-corrected chi connectivity index (χ2v) is 8.62. The Labute approximate surface area is 194 Å². The van der Waals surface area contributed by atoms with Gasteiger partial charge in [0.1, 0.15) is 5.71 Å². The highest BCUT2D eigenvalue weighted by molar-refractivity contribution is 6.14. The summed E-state index contributed by atoms with van der Waals surface area (Å²) < 4.78 is 2.08. The Morgan fingerprint density at radius 2 is 2.09 bits per heavy atom. The number of rotatable bonds is 6. The highest BCUT2D eigenvalue weighted by atomic mass is 15.0. The van der Waals surface area contributed by atoms with Crippen LogP contribution in [0.25, 0.3) is 22.2 Å². The molecule has 0 spiro atoms. The molecule has 4 heterocycles. The molecule has 5 rings (SSSR count). The van der Waals surface area contributed by atoms with E-state index >= 15 is 0 Å². The molecule has 4 aromatic rings. The number of aliphatic imine (C=N–C) groups is 1. The number of aromatic amines is 1. The molecule has 33 heavy (non-hydrogen) atoms. The van der Waals surface area contributed by atoms with Crippen LogP contribution in [0, 0.1) is 13.8 Å². The van der Waals surface area contributed by atoms with Crippen molar-refractivity contribution in [2.24, 2.45) is 4.99 Å². The number of imidazole rings is 1. The average Bonchev–Trinajstić information content (AvgIpc) is 3.47. The first-order chi connectivity index (χ1) is 16.1. The van der Waals surface area contributed by atoms with Gasteiger partial charge < -0.3 is 14.9 Å². The first kappa shape index (κ1) is 21.3. The molecule has 1 aliphatic heterocycles. The smallest absolute Gasteiger partial charge is 0.107 e. The van der Waals surface area contributed by atoms with Crippen molar-refractivity contribution < 1.29 is 0 Å². The molecule has 1 aliphatic rings. The molecule has 0 bridgehead atoms. The zero-order valence-electron chi connectivity index (χ0n) is 19.5. The number of pyridine rings is 1. The van der Waals surface area contributed by atoms with E-state index in [1.165, 1.54) is 5.57 Å². The van der Waals surface area contributed by atoms with Crippen LogP contribution in [0.5, 0.6) is 0 Å². The van der Waals surface area contributed by atoms with Gasteiger partial charge in [0, 0.05) is 30.2 Å². The SMILES string of the molecule is CCCN=C(c1cc2c(-n3cnc(C)c3)cccc2[nH]1)c1nc(C2=CCNCC2)ccc1C. The number of aromatic nitrogens is 4. The van der Waals surface area contributed by atoms with Crippen LogP contribution in [0.4, 0.5) is 0 Å². The number of aryl methyl sites for hydroxylation is 2. The van der Waals surface area contributed by atoms with E-state index in [4.69, 9.17) is 9.98 Å². The standard InChI is InChI=1S/C27H30N6/c1-4-12-29-27(26-18(2)8-9-22(32-26)20-10-13-28-14-11-20)24-15-21-23(31-24)6-5-7-25(21)33-16-19(3)30-17-33/h5-10,15-17,28,31H,4,11-14H2,1-3H3. The lowest BCUT2D eigenvalue weighted by atomic mass is 10.0. The number of fused-ring (bicyclic) bond motifs is 1. The van der Waals surface area contributed by atoms with Crippen LogP contribution in [-0.2, 0) is 0 Å². The first-order valence-corrected chi connectivity index (χ1v) is 11.7. The monoisotopic (exact) mass is 438 g/mol. The largest absolute Gasteiger partial charge is 0.353 e. The zero-order valence-corrected chi connectivity index (χ0v) is 19.5. The van der Waals surface area contributed by atoms with Gasteiger partial charge in [-0.1, -0.05) is 25.1 Å². The number of benzene rings is 1. The van der Waals surface area contributed by atoms with Gasteiger partial charge in [0.15, 0.2) is 0 Å². The molecule has 0 fully saturated rings. The van der Waals surface area contributed by atoms with Crippen molar-refractivity contribution in [2.45, 2.75) is 33.6 Å². The number of H-pyrrole nitrogens is 1. The molecular formula is C27H30N6. The van der Waals surface area contributed by atoms with Crippen LogP contribution >= 0.6 is 0 Å². The van der Waals surface area contributed by atoms with Crippen LogP contribution < -0.4 is 5.32 Å². The molecular weight excluding hydrogens is 408 g/mol. The number of nitrogens with one attached hydrogen (secondary N) is 2. The summed E-state index contributed by atoms with van der Waals surface area (Å²) in [7, 11) is 0. The Balaban J connectivity index is 1.63. The summed E-state index contributed by atoms with van der Waals surface area (Å²) in [5, 5.41) is 4.53. The fourth-order valence-corrected chi connectivity index (χ4v) is 4.36. The molecule has 2 N–H and O–H groups in total. The molecule has 0 aliphatic carbocycles. The van der Waals surface area contributed by atoms with Crippen molar-refractivity contribution in [3.8, 4) is 5.69 Å². The highest BCUT2D eigenvalue weighted by Crippen LogP contribution is 2.26. The summed E-state index contributed by atoms with van der Waals surface area (Å²) in [5.74, 6) is 0. The normalized spacial score (nSPS) is 14.6. The third kappa shape index (κ3) is 4.26. The Kier molecular flexibility index (Phi) is 5.92. The minimum Gasteiger partial charge on any atom is -0.353 e. The molecule has 168 valence electrons. The Morgan fingerprint density at radius 1 is 1.18 bits per heavy atom. The summed E-state index contributed by atoms with van der Waals surface area (Å²) in [5.41, 5.74) is 9.53. The van der Waals surface area contributed by atoms with Crippen LogP contribution in [0.15, 0.2) is 60.0 Å². The Hall–Kier alpha value is -3.51. The Bertz CT molecular complexity index is 1350. The van der Waals surface area contributed by atoms with Crippen molar-refractivity contribution in [1.29, 1.82) is 0 Å². The lowest BCUT2D eigenvalue weighted by Gasteiger charge is -2.16. The average molecular weight is 439 g/mol. The lowest BCUT2D eigenvalue weighted by Crippen LogP contribution is -2.20. The highest BCUT2D eigenvalue weighted by Gasteiger charge is 2.18. The summed E-state index contributed by atoms with van der Waals surface area (Å²) in [6.07, 6.45) is 8.15. The molecule has 0 amide bonds. The van der Waals surface area contributed by atoms with E-state index in [2.05, 4.69) is 82.4 Å². The van der Waals surface area contributed by atoms with Gasteiger partial charge in [0.2, 0.25) is 0 Å². The van der Waals surface area contributed by atoms with Gasteiger partial charge in [-0.25, -0.2) is 9.97 Å². The van der Waals surface area contributed by atoms with Gasteiger partial charge in [0.25, 0.3) is 0 Å². The molecule has 1 aromatic carbocycles. The summed E-state index contributed by atoms with van der Waals surface area (Å²) in [6.45, 7) is 8.93. The molecule has 0 saturated carbocycles. The van der Waals surface area contributed by atoms with E-state index in [1.54, 1.807) is 0 Å². The maximum absolute atomic E-state index is 5.12. The van der Waals surface area contributed by atoms with E-state index in [1.807, 2.05) is 13.3 Å². The van der Waals surface area contributed by atoms with E-state index in [0.717, 1.165) is 83.1 Å². The third-order valence-corrected chi connectivity index (χ3v) is 6.09. The topological polar surface area (TPSA) is 70.9 Å². The van der Waals surface area contributed by atoms with Gasteiger partial charge in [-0.05, 0) is 68.6 Å². The van der Waals surface area contributed by atoms with Gasteiger partial charge in [-0.2, -0.15) is 0 Å². The summed E-state index contributed by atoms with van der Waals surface area (Å²) in [4.78, 5) is 18.1. The van der Waals surface area contributed by atoms with E-state index in [0.29, 0.717) is 0 Å². The fourth-order valence-electron chi connectivity index (χ4n) is 4.36. The number of hydrogen-bond donors (Lipinski definition) is 2. The molecule has 6 nitrogen and oxygen atoms in total. The number of hydrogen-bond acceptors (Lipinski definition) is 4. The summed E-state index contributed by atoms with van der Waals surface area (Å²) >= 11 is 0. The van der Waals surface area contributed by atoms with Crippen molar-refractivity contribution in [1.82, 2.24) is 24.8 Å². The van der Waals surface area contributed by atoms with Gasteiger partial charge in [-0.15, -0.1) is 0 Å². The summed E-state index contributed by atoms with van der Waals surface area (Å²) in [6, 6.07) is 12.8. The van der Waals surface area contributed by atoms with Gasteiger partial charge in [-0.3, -0.25) is 4.99 Å². The molecule has 0 unspecified atom stereocenters. The molecule has 0 atom stereocenters. The maximum Gasteiger partial charge on any atom is 0.107 e. The minimum absolute atomic E-state index is 0.760. The minimum atomic E-state index is 0.760. The van der Waals surface area contributed by atoms with E-state index in [-0.39, 0.29) is 0 Å². The fraction of sp³-hybridized carbons (Fsp3) is 0.296. The molecule has 0 radical (unpaired) electrons. The van der Waals surface area contributed by atoms with E-state index in [9.17, 15) is 0 Å². The molecule has 6 heteroatoms. The van der Waals surface area contributed by atoms with Crippen molar-refractivity contribution in [2.75, 3.05) is 19.6 Å². The van der Waals surface area contributed by atoms with E-state index < -0.39 is 0 Å². The van der Waals surface area contributed by atoms with Crippen LogP contribution in [-0.4, -0.2) is 44.9 Å². The second kappa shape index (κ2) is 9.16. The van der Waals surface area contributed by atoms with Crippen molar-refractivity contribution in [3.63, 3.8) is 0 Å². The predicted molar refractivity (Wildman–Crippen MR) is 135 cm³/mol. The van der Waals surface area contributed by atoms with Crippen LogP contribution in [0.2, 0.25) is 0 Å². The van der Waals surface area contributed by atoms with Gasteiger partial charge in [0.05, 0.1) is 34.8 Å². The van der Waals surface area contributed by atoms with Gasteiger partial charge >= 0.3 is 0 Å². The van der Waals surface area contributed by atoms with Crippen molar-refractivity contribution >= 4 is 22.2 Å². The predicted octanol–water partition coefficient (Wildman–Crippen LogP) is 4.99. The van der Waals surface area contributed by atoms with Crippen LogP contribution in [0.1, 0.15) is 48.1 Å². The van der Waals surface area contributed by atoms with Crippen LogP contribution in [0.3, 0.4) is 0 Å². The van der Waals surface area contributed by atoms with Crippen molar-refractivity contribution in [3.05, 3.63) is 83.3 Å². The lowest BCUT2D eigenvalue weighted by molar-refractivity contribution is 0.736. The number of nitrogens with zero attached hydrogens (tertiary/aromatic N) is 4. The quantitative estimate of drug-likeness (QED) is 0.417. The third-order valence-electron chi connectivity index (χ3n) is 6.09. The Morgan fingerprint density at radius 3 is 2.85 bits per heavy atom. The maximum atomic E-state index is 5.12. The first-order valence-electron chi connectivity index (χ1n) is 11.7. The zero-order chi connectivity index (χ0) is 22.8.